The molecule has 0 spiro atoms. The van der Waals surface area contributed by atoms with Crippen LogP contribution in [0.4, 0.5) is 5.69 Å². The third-order valence-electron chi connectivity index (χ3n) is 6.60. The molecule has 4 nitrogen and oxygen atoms in total. The molecule has 178 valence electrons. The van der Waals surface area contributed by atoms with Crippen LogP contribution in [0.1, 0.15) is 38.2 Å². The topological polar surface area (TPSA) is 40.6 Å². The van der Waals surface area contributed by atoms with Gasteiger partial charge in [0.25, 0.3) is 11.8 Å². The molecule has 4 heteroatoms. The van der Waals surface area contributed by atoms with E-state index in [1.165, 1.54) is 4.90 Å². The summed E-state index contributed by atoms with van der Waals surface area (Å²) >= 11 is 0. The van der Waals surface area contributed by atoms with Crippen LogP contribution in [-0.4, -0.2) is 16.7 Å². The van der Waals surface area contributed by atoms with Crippen LogP contribution < -0.4 is 4.90 Å². The lowest BCUT2D eigenvalue weighted by molar-refractivity contribution is -0.112. The molecule has 1 heterocycles. The second-order valence-electron chi connectivity index (χ2n) is 9.18. The molecule has 4 aromatic carbocycles. The molecule has 2 amide bonds. The predicted octanol–water partition coefficient (Wildman–Crippen LogP) is 6.53. The molecule has 0 bridgehead atoms. The van der Waals surface area contributed by atoms with Crippen molar-refractivity contribution in [1.82, 2.24) is 4.90 Å². The number of benzene rings is 4. The minimum atomic E-state index is -0.312. The maximum Gasteiger partial charge on any atom is 0.267 e. The van der Waals surface area contributed by atoms with Gasteiger partial charge in [-0.25, -0.2) is 4.90 Å². The van der Waals surface area contributed by atoms with E-state index in [1.807, 2.05) is 92.8 Å². The molecule has 0 aliphatic carbocycles. The summed E-state index contributed by atoms with van der Waals surface area (Å²) in [6.07, 6.45) is 1.92. The van der Waals surface area contributed by atoms with Gasteiger partial charge in [0.05, 0.1) is 11.3 Å². The van der Waals surface area contributed by atoms with Crippen molar-refractivity contribution in [2.45, 2.75) is 26.9 Å². The highest BCUT2D eigenvalue weighted by Gasteiger charge is 2.36. The summed E-state index contributed by atoms with van der Waals surface area (Å²) in [5.41, 5.74) is 6.73. The van der Waals surface area contributed by atoms with Gasteiger partial charge in [0.15, 0.2) is 0 Å². The van der Waals surface area contributed by atoms with Gasteiger partial charge in [-0.15, -0.1) is 0 Å². The van der Waals surface area contributed by atoms with Gasteiger partial charge in [-0.3, -0.25) is 9.59 Å². The van der Waals surface area contributed by atoms with E-state index in [1.54, 1.807) is 6.07 Å². The Labute approximate surface area is 212 Å². The molecule has 0 radical (unpaired) electrons. The van der Waals surface area contributed by atoms with Crippen LogP contribution in [0, 0.1) is 13.8 Å². The Bertz CT molecular complexity index is 1400. The number of hydrogen-bond acceptors (Lipinski definition) is 3. The molecule has 4 aromatic rings. The van der Waals surface area contributed by atoms with Gasteiger partial charge < -0.3 is 4.90 Å². The monoisotopic (exact) mass is 472 g/mol. The van der Waals surface area contributed by atoms with Gasteiger partial charge in [-0.2, -0.15) is 0 Å². The summed E-state index contributed by atoms with van der Waals surface area (Å²) in [5, 5.41) is 0. The molecule has 0 N–H and O–H groups in total. The van der Waals surface area contributed by atoms with Gasteiger partial charge >= 0.3 is 0 Å². The number of anilines is 1. The smallest absolute Gasteiger partial charge is 0.267 e. The maximum atomic E-state index is 13.9. The van der Waals surface area contributed by atoms with Crippen LogP contribution in [0.2, 0.25) is 0 Å². The van der Waals surface area contributed by atoms with Crippen LogP contribution >= 0.6 is 0 Å². The zero-order chi connectivity index (χ0) is 25.1. The summed E-state index contributed by atoms with van der Waals surface area (Å²) in [6.45, 7) is 5.27. The number of hydrogen-bond donors (Lipinski definition) is 0. The van der Waals surface area contributed by atoms with E-state index in [9.17, 15) is 9.59 Å². The molecule has 1 aliphatic rings. The average Bonchev–Trinajstić information content (AvgIpc) is 2.90. The normalized spacial score (nSPS) is 14.2. The lowest BCUT2D eigenvalue weighted by Crippen LogP contribution is -2.42. The molecule has 0 fully saturated rings. The number of amides is 2. The summed E-state index contributed by atoms with van der Waals surface area (Å²) in [6, 6.07) is 33.5. The van der Waals surface area contributed by atoms with E-state index in [0.717, 1.165) is 22.3 Å². The summed E-state index contributed by atoms with van der Waals surface area (Å²) in [7, 11) is 0. The highest BCUT2D eigenvalue weighted by molar-refractivity contribution is 6.41. The fraction of sp³-hybridized carbons (Fsp3) is 0.125. The molecule has 1 aliphatic heterocycles. The molecule has 36 heavy (non-hydrogen) atoms. The molecular weight excluding hydrogens is 444 g/mol. The molecule has 5 rings (SSSR count). The lowest BCUT2D eigenvalue weighted by Gasteiger charge is -2.31. The number of imide groups is 1. The number of carbonyl (C=O) groups is 2. The van der Waals surface area contributed by atoms with Crippen molar-refractivity contribution < 1.29 is 9.59 Å². The zero-order valence-corrected chi connectivity index (χ0v) is 20.5. The minimum Gasteiger partial charge on any atom is -0.368 e. The molecule has 0 aromatic heterocycles. The highest BCUT2D eigenvalue weighted by atomic mass is 16.2. The average molecular weight is 473 g/mol. The van der Waals surface area contributed by atoms with E-state index in [-0.39, 0.29) is 11.8 Å². The third kappa shape index (κ3) is 4.71. The van der Waals surface area contributed by atoms with Crippen molar-refractivity contribution in [3.05, 3.63) is 143 Å². The second kappa shape index (κ2) is 10.0. The number of carbonyl (C=O) groups excluding carboxylic acids is 2. The molecule has 0 atom stereocenters. The first-order valence-electron chi connectivity index (χ1n) is 12.1. The van der Waals surface area contributed by atoms with Gasteiger partial charge in [0.1, 0.15) is 0 Å². The summed E-state index contributed by atoms with van der Waals surface area (Å²) in [5.74, 6) is -0.609. The van der Waals surface area contributed by atoms with Crippen LogP contribution in [0.25, 0.3) is 5.57 Å². The highest BCUT2D eigenvalue weighted by Crippen LogP contribution is 2.33. The fourth-order valence-electron chi connectivity index (χ4n) is 4.54. The lowest BCUT2D eigenvalue weighted by atomic mass is 9.93. The molecular formula is C32H28N2O2. The minimum absolute atomic E-state index is 0.298. The van der Waals surface area contributed by atoms with Gasteiger partial charge in [0, 0.05) is 30.4 Å². The first kappa shape index (κ1) is 23.3. The van der Waals surface area contributed by atoms with Gasteiger partial charge in [-0.1, -0.05) is 84.9 Å². The van der Waals surface area contributed by atoms with Crippen LogP contribution in [0.15, 0.2) is 109 Å². The number of aryl methyl sites for hydroxylation is 2. The van der Waals surface area contributed by atoms with E-state index < -0.39 is 0 Å². The first-order chi connectivity index (χ1) is 17.5. The maximum absolute atomic E-state index is 13.9. The van der Waals surface area contributed by atoms with Crippen molar-refractivity contribution >= 4 is 23.1 Å². The predicted molar refractivity (Wildman–Crippen MR) is 144 cm³/mol. The summed E-state index contributed by atoms with van der Waals surface area (Å²) in [4.78, 5) is 30.9. The first-order valence-corrected chi connectivity index (χ1v) is 12.1. The van der Waals surface area contributed by atoms with E-state index >= 15 is 0 Å². The standard InChI is InChI=1S/C32H28N2O2/c1-23-17-18-27(19-24(23)2)34-31(35)29-16-10-9-15-28(29)30(32(34)36)22-33(20-25-11-5-3-6-12-25)21-26-13-7-4-8-14-26/h3-19,22H,20-21H2,1-2H3. The van der Waals surface area contributed by atoms with Crippen molar-refractivity contribution in [3.8, 4) is 0 Å². The van der Waals surface area contributed by atoms with Crippen molar-refractivity contribution in [1.29, 1.82) is 0 Å². The number of nitrogens with zero attached hydrogens (tertiary/aromatic N) is 2. The summed E-state index contributed by atoms with van der Waals surface area (Å²) < 4.78 is 0. The van der Waals surface area contributed by atoms with Gasteiger partial charge in [-0.05, 0) is 54.3 Å². The van der Waals surface area contributed by atoms with E-state index in [0.29, 0.717) is 35.5 Å². The molecule has 0 unspecified atom stereocenters. The largest absolute Gasteiger partial charge is 0.368 e. The molecule has 0 saturated heterocycles. The van der Waals surface area contributed by atoms with Crippen molar-refractivity contribution in [2.24, 2.45) is 0 Å². The Balaban J connectivity index is 1.61. The third-order valence-corrected chi connectivity index (χ3v) is 6.60. The van der Waals surface area contributed by atoms with E-state index in [4.69, 9.17) is 0 Å². The van der Waals surface area contributed by atoms with Gasteiger partial charge in [0.2, 0.25) is 0 Å². The fourth-order valence-corrected chi connectivity index (χ4v) is 4.54. The second-order valence-corrected chi connectivity index (χ2v) is 9.18. The van der Waals surface area contributed by atoms with Crippen LogP contribution in [-0.2, 0) is 17.9 Å². The molecule has 0 saturated carbocycles. The Hall–Kier alpha value is -4.44. The van der Waals surface area contributed by atoms with E-state index in [2.05, 4.69) is 29.2 Å². The van der Waals surface area contributed by atoms with Crippen molar-refractivity contribution in [3.63, 3.8) is 0 Å². The zero-order valence-electron chi connectivity index (χ0n) is 20.5. The number of fused-ring (bicyclic) bond motifs is 1. The quantitative estimate of drug-likeness (QED) is 0.236. The number of rotatable bonds is 6. The Morgan fingerprint density at radius 2 is 1.19 bits per heavy atom. The Kier molecular flexibility index (Phi) is 6.50. The van der Waals surface area contributed by atoms with Crippen LogP contribution in [0.3, 0.4) is 0 Å². The van der Waals surface area contributed by atoms with Crippen LogP contribution in [0.5, 0.6) is 0 Å². The SMILES string of the molecule is Cc1ccc(N2C(=O)C(=CN(Cc3ccccc3)Cc3ccccc3)c3ccccc3C2=O)cc1C. The Morgan fingerprint density at radius 1 is 0.639 bits per heavy atom. The Morgan fingerprint density at radius 3 is 1.78 bits per heavy atom. The van der Waals surface area contributed by atoms with Crippen molar-refractivity contribution in [2.75, 3.05) is 4.90 Å².